The highest BCUT2D eigenvalue weighted by molar-refractivity contribution is 7.91. The highest BCUT2D eigenvalue weighted by atomic mass is 32.2. The minimum atomic E-state index is -3.43. The maximum absolute atomic E-state index is 12.7. The Hall–Kier alpha value is -1.90. The number of hydrogen-bond acceptors (Lipinski definition) is 5. The van der Waals surface area contributed by atoms with E-state index >= 15 is 0 Å². The first-order valence-electron chi connectivity index (χ1n) is 9.06. The Morgan fingerprint density at radius 2 is 1.78 bits per heavy atom. The molecule has 2 aliphatic heterocycles. The minimum Gasteiger partial charge on any atom is -0.439 e. The van der Waals surface area contributed by atoms with Crippen LogP contribution in [0.25, 0.3) is 0 Å². The van der Waals surface area contributed by atoms with Crippen LogP contribution in [0.3, 0.4) is 0 Å². The van der Waals surface area contributed by atoms with E-state index in [0.29, 0.717) is 30.1 Å². The monoisotopic (exact) mass is 406 g/mol. The van der Waals surface area contributed by atoms with E-state index in [2.05, 4.69) is 0 Å². The summed E-state index contributed by atoms with van der Waals surface area (Å²) in [6.07, 6.45) is 0.638. The predicted molar refractivity (Wildman–Crippen MR) is 103 cm³/mol. The minimum absolute atomic E-state index is 0.00371. The van der Waals surface area contributed by atoms with Crippen molar-refractivity contribution in [3.8, 4) is 0 Å². The number of sulfonamides is 1. The van der Waals surface area contributed by atoms with E-state index in [0.717, 1.165) is 5.56 Å². The number of nitrogens with zero attached hydrogens (tertiary/aromatic N) is 2. The SMILES string of the molecule is C[C@H]1[C@@H](c2ccccc2)OC(=O)N1C1CCN(S(=O)(=O)c2cccs2)CC1. The fourth-order valence-electron chi connectivity index (χ4n) is 3.95. The molecule has 4 rings (SSSR count). The van der Waals surface area contributed by atoms with Crippen LogP contribution in [0.2, 0.25) is 0 Å². The molecule has 6 nitrogen and oxygen atoms in total. The Balaban J connectivity index is 1.45. The maximum Gasteiger partial charge on any atom is 0.411 e. The lowest BCUT2D eigenvalue weighted by Crippen LogP contribution is -2.49. The Morgan fingerprint density at radius 1 is 1.07 bits per heavy atom. The number of carbonyl (C=O) groups excluding carboxylic acids is 1. The van der Waals surface area contributed by atoms with Crippen LogP contribution in [0.5, 0.6) is 0 Å². The molecule has 0 radical (unpaired) electrons. The zero-order chi connectivity index (χ0) is 19.0. The summed E-state index contributed by atoms with van der Waals surface area (Å²) in [7, 11) is -3.43. The molecular weight excluding hydrogens is 384 g/mol. The Morgan fingerprint density at radius 3 is 2.41 bits per heavy atom. The van der Waals surface area contributed by atoms with E-state index in [4.69, 9.17) is 4.74 Å². The van der Waals surface area contributed by atoms with Gasteiger partial charge in [-0.2, -0.15) is 4.31 Å². The van der Waals surface area contributed by atoms with Crippen LogP contribution in [0.15, 0.2) is 52.1 Å². The van der Waals surface area contributed by atoms with Gasteiger partial charge in [-0.25, -0.2) is 13.2 Å². The smallest absolute Gasteiger partial charge is 0.411 e. The Labute approximate surface area is 163 Å². The van der Waals surface area contributed by atoms with Crippen LogP contribution in [0, 0.1) is 0 Å². The third-order valence-corrected chi connectivity index (χ3v) is 8.62. The largest absolute Gasteiger partial charge is 0.439 e. The van der Waals surface area contributed by atoms with E-state index in [1.165, 1.54) is 15.6 Å². The van der Waals surface area contributed by atoms with E-state index in [-0.39, 0.29) is 24.3 Å². The van der Waals surface area contributed by atoms with Crippen LogP contribution in [-0.2, 0) is 14.8 Å². The third-order valence-electron chi connectivity index (χ3n) is 5.35. The lowest BCUT2D eigenvalue weighted by molar-refractivity contribution is 0.121. The van der Waals surface area contributed by atoms with Crippen LogP contribution < -0.4 is 0 Å². The summed E-state index contributed by atoms with van der Waals surface area (Å²) in [5.41, 5.74) is 0.985. The number of hydrogen-bond donors (Lipinski definition) is 0. The molecule has 0 bridgehead atoms. The molecule has 2 fully saturated rings. The number of thiophene rings is 1. The molecule has 0 spiro atoms. The van der Waals surface area contributed by atoms with Crippen molar-refractivity contribution in [1.82, 2.24) is 9.21 Å². The average Bonchev–Trinajstić information content (AvgIpc) is 3.32. The first-order valence-corrected chi connectivity index (χ1v) is 11.4. The summed E-state index contributed by atoms with van der Waals surface area (Å²) < 4.78 is 32.9. The molecule has 1 aromatic carbocycles. The normalized spacial score (nSPS) is 24.9. The molecule has 2 aliphatic rings. The van der Waals surface area contributed by atoms with Crippen molar-refractivity contribution in [1.29, 1.82) is 0 Å². The summed E-state index contributed by atoms with van der Waals surface area (Å²) in [5.74, 6) is 0. The van der Waals surface area contributed by atoms with Gasteiger partial charge in [-0.05, 0) is 36.8 Å². The van der Waals surface area contributed by atoms with Gasteiger partial charge in [0.25, 0.3) is 10.0 Å². The van der Waals surface area contributed by atoms with Crippen LogP contribution in [0.4, 0.5) is 4.79 Å². The second-order valence-corrected chi connectivity index (χ2v) is 10.0. The zero-order valence-electron chi connectivity index (χ0n) is 15.0. The van der Waals surface area contributed by atoms with Gasteiger partial charge in [-0.1, -0.05) is 36.4 Å². The molecule has 0 N–H and O–H groups in total. The van der Waals surface area contributed by atoms with Crippen molar-refractivity contribution in [2.24, 2.45) is 0 Å². The number of amides is 1. The van der Waals surface area contributed by atoms with Gasteiger partial charge in [0, 0.05) is 19.1 Å². The average molecular weight is 407 g/mol. The van der Waals surface area contributed by atoms with Gasteiger partial charge >= 0.3 is 6.09 Å². The number of benzene rings is 1. The van der Waals surface area contributed by atoms with Crippen molar-refractivity contribution in [3.05, 3.63) is 53.4 Å². The van der Waals surface area contributed by atoms with E-state index in [1.807, 2.05) is 37.3 Å². The van der Waals surface area contributed by atoms with Crippen LogP contribution in [0.1, 0.15) is 31.4 Å². The zero-order valence-corrected chi connectivity index (χ0v) is 16.7. The molecule has 8 heteroatoms. The lowest BCUT2D eigenvalue weighted by atomic mass is 9.99. The quantitative estimate of drug-likeness (QED) is 0.780. The third kappa shape index (κ3) is 3.37. The Bertz CT molecular complexity index is 891. The molecule has 2 aromatic rings. The molecule has 2 saturated heterocycles. The lowest BCUT2D eigenvalue weighted by Gasteiger charge is -2.36. The molecule has 3 heterocycles. The second-order valence-electron chi connectivity index (χ2n) is 6.93. The number of carbonyl (C=O) groups is 1. The van der Waals surface area contributed by atoms with Gasteiger partial charge in [0.2, 0.25) is 0 Å². The summed E-state index contributed by atoms with van der Waals surface area (Å²) >= 11 is 1.23. The fraction of sp³-hybridized carbons (Fsp3) is 0.421. The van der Waals surface area contributed by atoms with Gasteiger partial charge in [0.1, 0.15) is 10.3 Å². The van der Waals surface area contributed by atoms with Crippen molar-refractivity contribution >= 4 is 27.5 Å². The molecule has 27 heavy (non-hydrogen) atoms. The summed E-state index contributed by atoms with van der Waals surface area (Å²) in [6, 6.07) is 13.0. The highest BCUT2D eigenvalue weighted by Crippen LogP contribution is 2.36. The van der Waals surface area contributed by atoms with Gasteiger partial charge in [0.15, 0.2) is 0 Å². The number of piperidine rings is 1. The molecule has 0 saturated carbocycles. The first-order chi connectivity index (χ1) is 13.0. The summed E-state index contributed by atoms with van der Waals surface area (Å²) in [5, 5.41) is 1.77. The van der Waals surface area contributed by atoms with E-state index in [1.54, 1.807) is 22.4 Å². The topological polar surface area (TPSA) is 66.9 Å². The molecule has 1 aromatic heterocycles. The Kier molecular flexibility index (Phi) is 4.96. The number of cyclic esters (lactones) is 1. The van der Waals surface area contributed by atoms with Gasteiger partial charge in [0.05, 0.1) is 6.04 Å². The van der Waals surface area contributed by atoms with Crippen LogP contribution >= 0.6 is 11.3 Å². The first kappa shape index (κ1) is 18.5. The van der Waals surface area contributed by atoms with Crippen molar-refractivity contribution < 1.29 is 17.9 Å². The number of ether oxygens (including phenoxy) is 1. The molecule has 2 atom stereocenters. The van der Waals surface area contributed by atoms with Gasteiger partial charge < -0.3 is 4.74 Å². The molecule has 1 amide bonds. The van der Waals surface area contributed by atoms with Crippen LogP contribution in [-0.4, -0.2) is 48.9 Å². The predicted octanol–water partition coefficient (Wildman–Crippen LogP) is 3.48. The van der Waals surface area contributed by atoms with Crippen molar-refractivity contribution in [2.75, 3.05) is 13.1 Å². The molecule has 0 aliphatic carbocycles. The van der Waals surface area contributed by atoms with E-state index in [9.17, 15) is 13.2 Å². The number of rotatable bonds is 4. The fourth-order valence-corrected chi connectivity index (χ4v) is 6.56. The van der Waals surface area contributed by atoms with Gasteiger partial charge in [-0.15, -0.1) is 11.3 Å². The second kappa shape index (κ2) is 7.26. The van der Waals surface area contributed by atoms with Crippen molar-refractivity contribution in [3.63, 3.8) is 0 Å². The molecule has 0 unspecified atom stereocenters. The molecule has 144 valence electrons. The molecular formula is C19H22N2O4S2. The van der Waals surface area contributed by atoms with E-state index < -0.39 is 10.0 Å². The van der Waals surface area contributed by atoms with Crippen molar-refractivity contribution in [2.45, 2.75) is 42.2 Å². The highest BCUT2D eigenvalue weighted by Gasteiger charge is 2.44. The standard InChI is InChI=1S/C19H22N2O4S2/c1-14-18(15-6-3-2-4-7-15)25-19(22)21(14)16-9-11-20(12-10-16)27(23,24)17-8-5-13-26-17/h2-8,13-14,16,18H,9-12H2,1H3/t14-,18-/m0/s1. The summed E-state index contributed by atoms with van der Waals surface area (Å²) in [6.45, 7) is 2.83. The van der Waals surface area contributed by atoms with Gasteiger partial charge in [-0.3, -0.25) is 4.90 Å². The summed E-state index contributed by atoms with van der Waals surface area (Å²) in [4.78, 5) is 14.3. The maximum atomic E-state index is 12.7.